The van der Waals surface area contributed by atoms with Gasteiger partial charge in [-0.2, -0.15) is 10.5 Å². The lowest BCUT2D eigenvalue weighted by Crippen LogP contribution is -2.57. The molecule has 0 aromatic rings. The van der Waals surface area contributed by atoms with Gasteiger partial charge < -0.3 is 16.6 Å². The predicted molar refractivity (Wildman–Crippen MR) is 61.4 cm³/mol. The molecule has 0 aliphatic heterocycles. The number of rotatable bonds is 6. The van der Waals surface area contributed by atoms with Gasteiger partial charge in [0.2, 0.25) is 11.4 Å². The molecule has 0 bridgehead atoms. The number of carbonyl (C=O) groups excluding carboxylic acids is 1. The number of amides is 1. The molecule has 3 unspecified atom stereocenters. The van der Waals surface area contributed by atoms with Gasteiger partial charge in [-0.05, 0) is 12.3 Å². The van der Waals surface area contributed by atoms with Gasteiger partial charge in [0.05, 0.1) is 12.1 Å². The summed E-state index contributed by atoms with van der Waals surface area (Å²) in [5.74, 6) is -5.15. The van der Waals surface area contributed by atoms with Crippen molar-refractivity contribution in [1.29, 1.82) is 10.5 Å². The molecule has 5 N–H and O–H groups in total. The zero-order valence-corrected chi connectivity index (χ0v) is 10.3. The van der Waals surface area contributed by atoms with Gasteiger partial charge in [-0.1, -0.05) is 13.8 Å². The number of nitrogens with two attached hydrogens (primary N) is 2. The Bertz CT molecular complexity index is 421. The van der Waals surface area contributed by atoms with Crippen LogP contribution in [0.4, 0.5) is 0 Å². The van der Waals surface area contributed by atoms with E-state index in [1.54, 1.807) is 19.9 Å². The van der Waals surface area contributed by atoms with Gasteiger partial charge in [-0.15, -0.1) is 0 Å². The Labute approximate surface area is 105 Å². The van der Waals surface area contributed by atoms with Gasteiger partial charge in [0.15, 0.2) is 0 Å². The topological polar surface area (TPSA) is 154 Å². The average molecular weight is 252 g/mol. The van der Waals surface area contributed by atoms with Crippen molar-refractivity contribution in [1.82, 2.24) is 0 Å². The second-order valence-corrected chi connectivity index (χ2v) is 4.53. The van der Waals surface area contributed by atoms with Gasteiger partial charge in [-0.25, -0.2) is 4.79 Å². The summed E-state index contributed by atoms with van der Waals surface area (Å²) in [5, 5.41) is 26.9. The molecule has 0 aliphatic carbocycles. The number of nitrogens with zero attached hydrogens (tertiary/aromatic N) is 2. The molecular formula is C11H16N4O3. The van der Waals surface area contributed by atoms with Crippen LogP contribution in [-0.2, 0) is 9.59 Å². The van der Waals surface area contributed by atoms with E-state index in [1.807, 2.05) is 0 Å². The molecule has 0 aromatic carbocycles. The highest BCUT2D eigenvalue weighted by atomic mass is 16.4. The van der Waals surface area contributed by atoms with Gasteiger partial charge in [0.1, 0.15) is 5.92 Å². The van der Waals surface area contributed by atoms with Gasteiger partial charge >= 0.3 is 5.97 Å². The van der Waals surface area contributed by atoms with Crippen LogP contribution in [-0.4, -0.2) is 22.5 Å². The third kappa shape index (κ3) is 3.19. The van der Waals surface area contributed by atoms with Gasteiger partial charge in [0, 0.05) is 5.92 Å². The van der Waals surface area contributed by atoms with Crippen LogP contribution in [0.3, 0.4) is 0 Å². The van der Waals surface area contributed by atoms with Gasteiger partial charge in [0.25, 0.3) is 0 Å². The van der Waals surface area contributed by atoms with Crippen molar-refractivity contribution in [3.8, 4) is 12.1 Å². The summed E-state index contributed by atoms with van der Waals surface area (Å²) in [5.41, 5.74) is 8.28. The quantitative estimate of drug-likeness (QED) is 0.583. The summed E-state index contributed by atoms with van der Waals surface area (Å²) in [7, 11) is 0. The molecule has 7 heteroatoms. The molecule has 0 saturated carbocycles. The lowest BCUT2D eigenvalue weighted by molar-refractivity contribution is -0.144. The van der Waals surface area contributed by atoms with Crippen molar-refractivity contribution in [2.45, 2.75) is 25.8 Å². The van der Waals surface area contributed by atoms with Crippen LogP contribution in [0.15, 0.2) is 0 Å². The summed E-state index contributed by atoms with van der Waals surface area (Å²) >= 11 is 0. The first-order chi connectivity index (χ1) is 8.20. The first-order valence-electron chi connectivity index (χ1n) is 5.33. The molecule has 18 heavy (non-hydrogen) atoms. The van der Waals surface area contributed by atoms with Crippen molar-refractivity contribution in [3.63, 3.8) is 0 Å². The lowest BCUT2D eigenvalue weighted by atomic mass is 9.73. The lowest BCUT2D eigenvalue weighted by Gasteiger charge is -2.30. The van der Waals surface area contributed by atoms with Crippen LogP contribution in [0.1, 0.15) is 20.3 Å². The van der Waals surface area contributed by atoms with E-state index in [1.165, 1.54) is 6.07 Å². The number of nitriles is 2. The SMILES string of the molecule is CC(C)CC(C(C#N)C(N)=O)C(N)(C#N)C(=O)O. The van der Waals surface area contributed by atoms with Crippen LogP contribution in [0.25, 0.3) is 0 Å². The minimum absolute atomic E-state index is 0.0409. The normalized spacial score (nSPS) is 17.0. The van der Waals surface area contributed by atoms with Gasteiger partial charge in [-0.3, -0.25) is 4.79 Å². The highest BCUT2D eigenvalue weighted by Gasteiger charge is 2.48. The number of aliphatic carboxylic acids is 1. The van der Waals surface area contributed by atoms with E-state index in [2.05, 4.69) is 0 Å². The standard InChI is InChI=1S/C11H16N4O3/c1-6(2)3-8(7(4-12)9(14)16)11(15,5-13)10(17)18/h6-8H,3,15H2,1-2H3,(H2,14,16)(H,17,18). The molecule has 0 aliphatic rings. The Morgan fingerprint density at radius 3 is 2.11 bits per heavy atom. The van der Waals surface area contributed by atoms with E-state index in [4.69, 9.17) is 27.1 Å². The summed E-state index contributed by atoms with van der Waals surface area (Å²) in [4.78, 5) is 22.3. The third-order valence-electron chi connectivity index (χ3n) is 2.70. The number of hydrogen-bond acceptors (Lipinski definition) is 5. The Morgan fingerprint density at radius 2 is 1.89 bits per heavy atom. The second kappa shape index (κ2) is 5.99. The third-order valence-corrected chi connectivity index (χ3v) is 2.70. The minimum atomic E-state index is -2.31. The Balaban J connectivity index is 5.63. The van der Waals surface area contributed by atoms with Crippen molar-refractivity contribution < 1.29 is 14.7 Å². The van der Waals surface area contributed by atoms with E-state index < -0.39 is 29.3 Å². The average Bonchev–Trinajstić information content (AvgIpc) is 2.26. The fourth-order valence-electron chi connectivity index (χ4n) is 1.73. The maximum absolute atomic E-state index is 11.2. The maximum Gasteiger partial charge on any atom is 0.338 e. The molecule has 0 saturated heterocycles. The van der Waals surface area contributed by atoms with Crippen molar-refractivity contribution >= 4 is 11.9 Å². The molecule has 0 fully saturated rings. The Morgan fingerprint density at radius 1 is 1.39 bits per heavy atom. The Hall–Kier alpha value is -2.12. The monoisotopic (exact) mass is 252 g/mol. The van der Waals surface area contributed by atoms with E-state index in [-0.39, 0.29) is 12.3 Å². The fraction of sp³-hybridized carbons (Fsp3) is 0.636. The van der Waals surface area contributed by atoms with E-state index in [0.717, 1.165) is 0 Å². The highest BCUT2D eigenvalue weighted by Crippen LogP contribution is 2.29. The van der Waals surface area contributed by atoms with E-state index in [0.29, 0.717) is 0 Å². The van der Waals surface area contributed by atoms with Crippen molar-refractivity contribution in [2.24, 2.45) is 29.2 Å². The Kier molecular flexibility index (Phi) is 5.28. The first-order valence-corrected chi connectivity index (χ1v) is 5.33. The number of carbonyl (C=O) groups is 2. The van der Waals surface area contributed by atoms with Crippen LogP contribution in [0.5, 0.6) is 0 Å². The molecule has 0 heterocycles. The van der Waals surface area contributed by atoms with Crippen LogP contribution in [0.2, 0.25) is 0 Å². The largest absolute Gasteiger partial charge is 0.479 e. The number of hydrogen-bond donors (Lipinski definition) is 3. The molecule has 0 radical (unpaired) electrons. The van der Waals surface area contributed by atoms with Crippen LogP contribution in [0, 0.1) is 40.4 Å². The second-order valence-electron chi connectivity index (χ2n) is 4.53. The highest BCUT2D eigenvalue weighted by molar-refractivity contribution is 5.86. The number of carboxylic acids is 1. The molecule has 7 nitrogen and oxygen atoms in total. The molecule has 3 atom stereocenters. The van der Waals surface area contributed by atoms with Crippen molar-refractivity contribution in [3.05, 3.63) is 0 Å². The number of carboxylic acid groups (broad SMARTS) is 1. The molecule has 0 aromatic heterocycles. The first kappa shape index (κ1) is 15.9. The maximum atomic E-state index is 11.2. The summed E-state index contributed by atoms with van der Waals surface area (Å²) in [6.07, 6.45) is 0.136. The molecule has 1 amide bonds. The van der Waals surface area contributed by atoms with Crippen LogP contribution < -0.4 is 11.5 Å². The molecular weight excluding hydrogens is 236 g/mol. The predicted octanol–water partition coefficient (Wildman–Crippen LogP) is -0.421. The van der Waals surface area contributed by atoms with Crippen molar-refractivity contribution in [2.75, 3.05) is 0 Å². The molecule has 0 spiro atoms. The van der Waals surface area contributed by atoms with E-state index >= 15 is 0 Å². The smallest absolute Gasteiger partial charge is 0.338 e. The minimum Gasteiger partial charge on any atom is -0.479 e. The fourth-order valence-corrected chi connectivity index (χ4v) is 1.73. The zero-order chi connectivity index (χ0) is 14.5. The summed E-state index contributed by atoms with van der Waals surface area (Å²) < 4.78 is 0. The number of primary amides is 1. The van der Waals surface area contributed by atoms with E-state index in [9.17, 15) is 9.59 Å². The summed E-state index contributed by atoms with van der Waals surface area (Å²) in [6, 6.07) is 3.11. The zero-order valence-electron chi connectivity index (χ0n) is 10.3. The molecule has 98 valence electrons. The molecule has 0 rings (SSSR count). The van der Waals surface area contributed by atoms with Crippen LogP contribution >= 0.6 is 0 Å². The summed E-state index contributed by atoms with van der Waals surface area (Å²) in [6.45, 7) is 3.53.